The minimum absolute atomic E-state index is 1.02. The Morgan fingerprint density at radius 1 is 0.594 bits per heavy atom. The molecule has 0 atom stereocenters. The molecule has 2 aliphatic rings. The molecule has 3 heterocycles. The van der Waals surface area contributed by atoms with Crippen molar-refractivity contribution in [1.82, 2.24) is 15.0 Å². The topological polar surface area (TPSA) is 38.7 Å². The van der Waals surface area contributed by atoms with Crippen molar-refractivity contribution < 1.29 is 0 Å². The fourth-order valence-electron chi connectivity index (χ4n) is 5.00. The first-order valence-corrected chi connectivity index (χ1v) is 11.2. The van der Waals surface area contributed by atoms with Crippen molar-refractivity contribution in [3.8, 4) is 11.1 Å². The number of pyridine rings is 3. The summed E-state index contributed by atoms with van der Waals surface area (Å²) < 4.78 is 0. The number of allylic oxidation sites excluding steroid dienone is 2. The highest BCUT2D eigenvalue weighted by Gasteiger charge is 2.30. The number of aromatic nitrogens is 3. The summed E-state index contributed by atoms with van der Waals surface area (Å²) in [5.41, 5.74) is 12.7. The van der Waals surface area contributed by atoms with Crippen LogP contribution >= 0.6 is 0 Å². The van der Waals surface area contributed by atoms with Gasteiger partial charge >= 0.3 is 0 Å². The van der Waals surface area contributed by atoms with Crippen LogP contribution in [0.15, 0.2) is 79.4 Å². The number of hydrogen-bond acceptors (Lipinski definition) is 3. The molecule has 154 valence electrons. The maximum Gasteiger partial charge on any atom is 0.0707 e. The Bertz CT molecular complexity index is 1250. The van der Waals surface area contributed by atoms with E-state index in [9.17, 15) is 0 Å². The number of hydrogen-bond donors (Lipinski definition) is 0. The molecule has 0 saturated heterocycles. The highest BCUT2D eigenvalue weighted by Crippen LogP contribution is 2.46. The van der Waals surface area contributed by atoms with Crippen molar-refractivity contribution in [2.24, 2.45) is 0 Å². The average molecular weight is 414 g/mol. The number of rotatable bonds is 3. The molecule has 3 heteroatoms. The number of nitrogens with zero attached hydrogens (tertiary/aromatic N) is 3. The van der Waals surface area contributed by atoms with Crippen LogP contribution in [0.2, 0.25) is 0 Å². The monoisotopic (exact) mass is 413 g/mol. The zero-order chi connectivity index (χ0) is 21.3. The highest BCUT2D eigenvalue weighted by atomic mass is 14.8. The third kappa shape index (κ3) is 3.36. The van der Waals surface area contributed by atoms with Gasteiger partial charge in [-0.25, -0.2) is 4.98 Å². The van der Waals surface area contributed by atoms with Crippen molar-refractivity contribution >= 4 is 23.3 Å². The van der Waals surface area contributed by atoms with E-state index < -0.39 is 0 Å². The van der Waals surface area contributed by atoms with Crippen LogP contribution in [0.3, 0.4) is 0 Å². The van der Waals surface area contributed by atoms with E-state index in [4.69, 9.17) is 4.98 Å². The Kier molecular flexibility index (Phi) is 4.73. The van der Waals surface area contributed by atoms with Crippen LogP contribution in [0.1, 0.15) is 46.5 Å². The normalized spacial score (nSPS) is 17.0. The lowest BCUT2D eigenvalue weighted by Gasteiger charge is -2.15. The fraction of sp³-hybridized carbons (Fsp3) is 0.138. The smallest absolute Gasteiger partial charge is 0.0707 e. The van der Waals surface area contributed by atoms with Gasteiger partial charge in [-0.15, -0.1) is 0 Å². The SMILES string of the molecule is C(=C1CCc2c1nc1c(c2-c2ccccc2)CCC1=Cc1cccnc1)c1cccnc1. The molecule has 0 aliphatic heterocycles. The van der Waals surface area contributed by atoms with Gasteiger partial charge in [-0.3, -0.25) is 9.97 Å². The van der Waals surface area contributed by atoms with E-state index in [1.807, 2.05) is 36.9 Å². The van der Waals surface area contributed by atoms with Gasteiger partial charge in [-0.1, -0.05) is 42.5 Å². The lowest BCUT2D eigenvalue weighted by molar-refractivity contribution is 1.05. The standard InChI is InChI=1S/C29H23N3/c1-2-8-22(9-3-1)27-25-12-10-23(16-20-6-4-14-30-18-20)28(25)32-29-24(11-13-26(27)29)17-21-7-5-15-31-19-21/h1-9,14-19H,10-13H2. The van der Waals surface area contributed by atoms with E-state index in [-0.39, 0.29) is 0 Å². The summed E-state index contributed by atoms with van der Waals surface area (Å²) in [6.45, 7) is 0. The van der Waals surface area contributed by atoms with Gasteiger partial charge in [0.15, 0.2) is 0 Å². The first kappa shape index (κ1) is 18.9. The van der Waals surface area contributed by atoms with Gasteiger partial charge in [-0.05, 0) is 94.5 Å². The van der Waals surface area contributed by atoms with E-state index in [2.05, 4.69) is 64.6 Å². The average Bonchev–Trinajstić information content (AvgIpc) is 3.44. The molecule has 0 amide bonds. The Labute approximate surface area is 188 Å². The lowest BCUT2D eigenvalue weighted by atomic mass is 9.93. The molecule has 2 aliphatic carbocycles. The van der Waals surface area contributed by atoms with Crippen LogP contribution in [0.5, 0.6) is 0 Å². The fourth-order valence-corrected chi connectivity index (χ4v) is 5.00. The molecular formula is C29H23N3. The summed E-state index contributed by atoms with van der Waals surface area (Å²) >= 11 is 0. The first-order valence-electron chi connectivity index (χ1n) is 11.2. The molecule has 0 radical (unpaired) electrons. The quantitative estimate of drug-likeness (QED) is 0.384. The summed E-state index contributed by atoms with van der Waals surface area (Å²) in [7, 11) is 0. The molecule has 32 heavy (non-hydrogen) atoms. The Hall–Kier alpha value is -3.85. The van der Waals surface area contributed by atoms with Crippen LogP contribution in [-0.4, -0.2) is 15.0 Å². The maximum atomic E-state index is 5.30. The second-order valence-corrected chi connectivity index (χ2v) is 8.42. The predicted molar refractivity (Wildman–Crippen MR) is 131 cm³/mol. The summed E-state index contributed by atoms with van der Waals surface area (Å²) in [5, 5.41) is 0. The molecule has 0 spiro atoms. The van der Waals surface area contributed by atoms with E-state index in [0.717, 1.165) is 48.2 Å². The molecule has 3 aromatic heterocycles. The first-order chi connectivity index (χ1) is 15.9. The van der Waals surface area contributed by atoms with E-state index >= 15 is 0 Å². The number of fused-ring (bicyclic) bond motifs is 2. The van der Waals surface area contributed by atoms with Crippen LogP contribution < -0.4 is 0 Å². The van der Waals surface area contributed by atoms with E-state index in [0.29, 0.717) is 0 Å². The van der Waals surface area contributed by atoms with Gasteiger partial charge < -0.3 is 0 Å². The van der Waals surface area contributed by atoms with E-state index in [1.165, 1.54) is 33.4 Å². The molecule has 0 fully saturated rings. The van der Waals surface area contributed by atoms with Gasteiger partial charge in [0.2, 0.25) is 0 Å². The van der Waals surface area contributed by atoms with Gasteiger partial charge in [0.25, 0.3) is 0 Å². The van der Waals surface area contributed by atoms with Crippen molar-refractivity contribution in [3.05, 3.63) is 113 Å². The zero-order valence-corrected chi connectivity index (χ0v) is 17.8. The van der Waals surface area contributed by atoms with Crippen LogP contribution in [0.25, 0.3) is 34.4 Å². The van der Waals surface area contributed by atoms with Crippen molar-refractivity contribution in [2.45, 2.75) is 25.7 Å². The molecule has 0 N–H and O–H groups in total. The summed E-state index contributed by atoms with van der Waals surface area (Å²) in [6.07, 6.45) is 16.1. The second kappa shape index (κ2) is 8.01. The molecule has 4 aromatic rings. The van der Waals surface area contributed by atoms with Crippen LogP contribution in [0, 0.1) is 0 Å². The molecular weight excluding hydrogens is 390 g/mol. The molecule has 0 bridgehead atoms. The van der Waals surface area contributed by atoms with Crippen LogP contribution in [-0.2, 0) is 12.8 Å². The summed E-state index contributed by atoms with van der Waals surface area (Å²) in [5.74, 6) is 0. The molecule has 0 saturated carbocycles. The van der Waals surface area contributed by atoms with Gasteiger partial charge in [0, 0.05) is 24.8 Å². The largest absolute Gasteiger partial charge is 0.264 e. The molecule has 1 aromatic carbocycles. The molecule has 0 unspecified atom stereocenters. The summed E-state index contributed by atoms with van der Waals surface area (Å²) in [6, 6.07) is 19.0. The Morgan fingerprint density at radius 3 is 1.66 bits per heavy atom. The Balaban J connectivity index is 1.56. The third-order valence-electron chi connectivity index (χ3n) is 6.41. The van der Waals surface area contributed by atoms with Crippen molar-refractivity contribution in [2.75, 3.05) is 0 Å². The second-order valence-electron chi connectivity index (χ2n) is 8.42. The zero-order valence-electron chi connectivity index (χ0n) is 17.8. The Morgan fingerprint density at radius 2 is 1.16 bits per heavy atom. The minimum Gasteiger partial charge on any atom is -0.264 e. The van der Waals surface area contributed by atoms with Gasteiger partial charge in [0.1, 0.15) is 0 Å². The van der Waals surface area contributed by atoms with E-state index in [1.54, 1.807) is 0 Å². The van der Waals surface area contributed by atoms with Crippen molar-refractivity contribution in [3.63, 3.8) is 0 Å². The minimum atomic E-state index is 1.02. The van der Waals surface area contributed by atoms with Gasteiger partial charge in [0.05, 0.1) is 11.4 Å². The number of benzene rings is 1. The predicted octanol–water partition coefficient (Wildman–Crippen LogP) is 6.51. The molecule has 6 rings (SSSR count). The lowest BCUT2D eigenvalue weighted by Crippen LogP contribution is -2.00. The highest BCUT2D eigenvalue weighted by molar-refractivity contribution is 5.93. The van der Waals surface area contributed by atoms with Crippen molar-refractivity contribution in [1.29, 1.82) is 0 Å². The maximum absolute atomic E-state index is 5.30. The van der Waals surface area contributed by atoms with Crippen LogP contribution in [0.4, 0.5) is 0 Å². The third-order valence-corrected chi connectivity index (χ3v) is 6.41. The molecule has 3 nitrogen and oxygen atoms in total. The van der Waals surface area contributed by atoms with Gasteiger partial charge in [-0.2, -0.15) is 0 Å². The summed E-state index contributed by atoms with van der Waals surface area (Å²) in [4.78, 5) is 13.9.